The molecule has 0 bridgehead atoms. The van der Waals surface area contributed by atoms with E-state index in [0.29, 0.717) is 0 Å². The number of amides is 1. The lowest BCUT2D eigenvalue weighted by Crippen LogP contribution is -2.46. The third-order valence-corrected chi connectivity index (χ3v) is 6.15. The number of methoxy groups -OCH3 is 1. The lowest BCUT2D eigenvalue weighted by Gasteiger charge is -2.31. The normalized spacial score (nSPS) is 22.8. The van der Waals surface area contributed by atoms with Gasteiger partial charge in [0.05, 0.1) is 13.2 Å². The maximum absolute atomic E-state index is 13.1. The van der Waals surface area contributed by atoms with Crippen LogP contribution in [0.5, 0.6) is 11.5 Å². The SMILES string of the molecule is COc1ccnc(C(=O)N[C@H]2CCC[C@H](OCCCC(F)(F)F)[C@@H](OCCCC(F)(F)F)[C@H](C)OC2=O)c1OC(C)O. The van der Waals surface area contributed by atoms with E-state index in [2.05, 4.69) is 10.3 Å². The number of aliphatic hydroxyl groups excluding tert-OH is 1. The van der Waals surface area contributed by atoms with Crippen LogP contribution < -0.4 is 14.8 Å². The number of halogens is 6. The molecule has 1 amide bonds. The average molecular weight is 619 g/mol. The van der Waals surface area contributed by atoms with Crippen LogP contribution in [0.3, 0.4) is 0 Å². The second-order valence-corrected chi connectivity index (χ2v) is 9.69. The molecule has 0 aromatic carbocycles. The summed E-state index contributed by atoms with van der Waals surface area (Å²) in [4.78, 5) is 30.1. The molecule has 1 aromatic heterocycles. The Balaban J connectivity index is 2.19. The highest BCUT2D eigenvalue weighted by Crippen LogP contribution is 2.31. The zero-order valence-corrected chi connectivity index (χ0v) is 23.4. The maximum Gasteiger partial charge on any atom is 0.389 e. The van der Waals surface area contributed by atoms with Crippen molar-refractivity contribution in [3.05, 3.63) is 18.0 Å². The minimum Gasteiger partial charge on any atom is -0.493 e. The summed E-state index contributed by atoms with van der Waals surface area (Å²) in [5.74, 6) is -1.80. The molecule has 0 saturated carbocycles. The zero-order chi connectivity index (χ0) is 31.5. The number of nitrogens with one attached hydrogen (secondary N) is 1. The molecule has 0 spiro atoms. The summed E-state index contributed by atoms with van der Waals surface area (Å²) in [5.41, 5.74) is -0.285. The Morgan fingerprint density at radius 1 is 1.12 bits per heavy atom. The van der Waals surface area contributed by atoms with E-state index in [1.807, 2.05) is 0 Å². The first-order chi connectivity index (χ1) is 19.6. The van der Waals surface area contributed by atoms with Crippen LogP contribution in [0.2, 0.25) is 0 Å². The number of carbonyl (C=O) groups excluding carboxylic acids is 2. The summed E-state index contributed by atoms with van der Waals surface area (Å²) in [6.45, 7) is 2.05. The summed E-state index contributed by atoms with van der Waals surface area (Å²) in [6.07, 6.45) is -14.5. The highest BCUT2D eigenvalue weighted by Gasteiger charge is 2.37. The lowest BCUT2D eigenvalue weighted by molar-refractivity contribution is -0.172. The maximum atomic E-state index is 13.1. The molecule has 10 nitrogen and oxygen atoms in total. The number of cyclic esters (lactones) is 1. The number of rotatable bonds is 13. The van der Waals surface area contributed by atoms with E-state index in [4.69, 9.17) is 23.7 Å². The molecule has 1 fully saturated rings. The monoisotopic (exact) mass is 618 g/mol. The fourth-order valence-electron chi connectivity index (χ4n) is 4.26. The second-order valence-electron chi connectivity index (χ2n) is 9.69. The standard InChI is InChI=1S/C26H36F6N2O8/c1-15-21(40-14-6-11-26(30,31)32)19(39-13-5-10-25(27,28)29)8-4-7-17(24(37)41-15)34-23(36)20-22(42-16(2)35)18(38-3)9-12-33-20/h9,12,15-17,19,21,35H,4-8,10-11,13-14H2,1-3H3,(H,34,36)/t15-,16?,17-,19-,21-/m0/s1. The van der Waals surface area contributed by atoms with Gasteiger partial charge in [0.15, 0.2) is 23.5 Å². The van der Waals surface area contributed by atoms with Crippen LogP contribution in [-0.2, 0) is 19.0 Å². The number of carbonyl (C=O) groups is 2. The third kappa shape index (κ3) is 12.2. The smallest absolute Gasteiger partial charge is 0.389 e. The van der Waals surface area contributed by atoms with Crippen molar-refractivity contribution in [3.8, 4) is 11.5 Å². The summed E-state index contributed by atoms with van der Waals surface area (Å²) < 4.78 is 103. The number of esters is 1. The van der Waals surface area contributed by atoms with E-state index in [-0.39, 0.29) is 62.5 Å². The predicted octanol–water partition coefficient (Wildman–Crippen LogP) is 4.48. The fourth-order valence-corrected chi connectivity index (χ4v) is 4.26. The van der Waals surface area contributed by atoms with Crippen LogP contribution in [0.1, 0.15) is 69.3 Å². The molecule has 0 radical (unpaired) electrons. The minimum absolute atomic E-state index is 0.0249. The minimum atomic E-state index is -4.41. The molecule has 5 atom stereocenters. The quantitative estimate of drug-likeness (QED) is 0.143. The molecular formula is C26H36F6N2O8. The Kier molecular flexibility index (Phi) is 13.6. The first kappa shape index (κ1) is 35.3. The number of pyridine rings is 1. The van der Waals surface area contributed by atoms with E-state index in [1.165, 1.54) is 33.2 Å². The van der Waals surface area contributed by atoms with Gasteiger partial charge < -0.3 is 34.1 Å². The lowest BCUT2D eigenvalue weighted by atomic mass is 10.0. The fraction of sp³-hybridized carbons (Fsp3) is 0.731. The molecule has 1 saturated heterocycles. The number of hydrogen-bond donors (Lipinski definition) is 2. The van der Waals surface area contributed by atoms with Crippen molar-refractivity contribution in [3.63, 3.8) is 0 Å². The molecule has 240 valence electrons. The molecule has 1 aliphatic rings. The molecule has 42 heavy (non-hydrogen) atoms. The molecule has 16 heteroatoms. The van der Waals surface area contributed by atoms with Gasteiger partial charge in [0.2, 0.25) is 0 Å². The van der Waals surface area contributed by atoms with Gasteiger partial charge in [-0.1, -0.05) is 0 Å². The zero-order valence-electron chi connectivity index (χ0n) is 23.4. The van der Waals surface area contributed by atoms with E-state index in [1.54, 1.807) is 0 Å². The number of alkyl halides is 6. The predicted molar refractivity (Wildman–Crippen MR) is 134 cm³/mol. The molecule has 1 unspecified atom stereocenters. The van der Waals surface area contributed by atoms with Crippen molar-refractivity contribution >= 4 is 11.9 Å². The first-order valence-electron chi connectivity index (χ1n) is 13.4. The van der Waals surface area contributed by atoms with Crippen LogP contribution in [0.15, 0.2) is 12.3 Å². The van der Waals surface area contributed by atoms with Crippen molar-refractivity contribution in [2.75, 3.05) is 20.3 Å². The van der Waals surface area contributed by atoms with Gasteiger partial charge in [-0.25, -0.2) is 9.78 Å². The van der Waals surface area contributed by atoms with Crippen molar-refractivity contribution in [1.29, 1.82) is 0 Å². The molecule has 1 aliphatic heterocycles. The Bertz CT molecular complexity index is 1010. The van der Waals surface area contributed by atoms with Crippen LogP contribution in [0.4, 0.5) is 26.3 Å². The van der Waals surface area contributed by atoms with E-state index in [9.17, 15) is 41.0 Å². The summed E-state index contributed by atoms with van der Waals surface area (Å²) in [7, 11) is 1.31. The van der Waals surface area contributed by atoms with E-state index >= 15 is 0 Å². The van der Waals surface area contributed by atoms with Crippen molar-refractivity contribution in [1.82, 2.24) is 10.3 Å². The van der Waals surface area contributed by atoms with Crippen LogP contribution >= 0.6 is 0 Å². The molecule has 2 N–H and O–H groups in total. The first-order valence-corrected chi connectivity index (χ1v) is 13.4. The molecule has 1 aromatic rings. The van der Waals surface area contributed by atoms with Crippen LogP contribution in [-0.4, -0.2) is 85.3 Å². The van der Waals surface area contributed by atoms with Gasteiger partial charge in [0, 0.05) is 38.3 Å². The second kappa shape index (κ2) is 16.1. The Morgan fingerprint density at radius 2 is 1.74 bits per heavy atom. The van der Waals surface area contributed by atoms with Crippen LogP contribution in [0.25, 0.3) is 0 Å². The molecule has 2 rings (SSSR count). The van der Waals surface area contributed by atoms with Gasteiger partial charge in [-0.2, -0.15) is 26.3 Å². The molecular weight excluding hydrogens is 582 g/mol. The summed E-state index contributed by atoms with van der Waals surface area (Å²) >= 11 is 0. The van der Waals surface area contributed by atoms with Gasteiger partial charge >= 0.3 is 18.3 Å². The van der Waals surface area contributed by atoms with Gasteiger partial charge in [-0.3, -0.25) is 4.79 Å². The Labute approximate surface area is 239 Å². The van der Waals surface area contributed by atoms with Crippen LogP contribution in [0, 0.1) is 0 Å². The average Bonchev–Trinajstić information content (AvgIpc) is 2.92. The highest BCUT2D eigenvalue weighted by molar-refractivity contribution is 5.98. The largest absolute Gasteiger partial charge is 0.493 e. The number of hydrogen-bond acceptors (Lipinski definition) is 9. The molecule has 2 heterocycles. The topological polar surface area (TPSA) is 125 Å². The summed E-state index contributed by atoms with van der Waals surface area (Å²) in [5, 5.41) is 12.2. The van der Waals surface area contributed by atoms with E-state index < -0.39 is 67.7 Å². The van der Waals surface area contributed by atoms with Crippen molar-refractivity contribution < 1.29 is 64.7 Å². The van der Waals surface area contributed by atoms with Gasteiger partial charge in [0.25, 0.3) is 5.91 Å². The Hall–Kier alpha value is -2.85. The highest BCUT2D eigenvalue weighted by atomic mass is 19.4. The van der Waals surface area contributed by atoms with Gasteiger partial charge in [-0.15, -0.1) is 0 Å². The van der Waals surface area contributed by atoms with Crippen molar-refractivity contribution in [2.24, 2.45) is 0 Å². The number of nitrogens with zero attached hydrogens (tertiary/aromatic N) is 1. The number of aromatic nitrogens is 1. The van der Waals surface area contributed by atoms with Gasteiger partial charge in [-0.05, 0) is 46.0 Å². The third-order valence-electron chi connectivity index (χ3n) is 6.15. The van der Waals surface area contributed by atoms with Gasteiger partial charge in [0.1, 0.15) is 18.2 Å². The molecule has 0 aliphatic carbocycles. The number of ether oxygens (including phenoxy) is 5. The Morgan fingerprint density at radius 3 is 2.31 bits per heavy atom. The van der Waals surface area contributed by atoms with E-state index in [0.717, 1.165) is 0 Å². The van der Waals surface area contributed by atoms with Crippen molar-refractivity contribution in [2.45, 2.75) is 102 Å². The number of aliphatic hydroxyl groups is 1. The summed E-state index contributed by atoms with van der Waals surface area (Å²) in [6, 6.07) is 0.191.